The molecule has 0 saturated carbocycles. The zero-order valence-corrected chi connectivity index (χ0v) is 12.7. The number of rotatable bonds is 7. The van der Waals surface area contributed by atoms with Crippen molar-refractivity contribution in [2.45, 2.75) is 23.3 Å². The van der Waals surface area contributed by atoms with Gasteiger partial charge in [-0.15, -0.1) is 0 Å². The largest absolute Gasteiger partial charge is 0.383 e. The fraction of sp³-hybridized carbons (Fsp3) is 0.312. The smallest absolute Gasteiger partial charge is 0.0587 e. The second-order valence-electron chi connectivity index (χ2n) is 4.57. The minimum atomic E-state index is 0.735. The Bertz CT molecular complexity index is 531. The van der Waals surface area contributed by atoms with Crippen molar-refractivity contribution in [2.24, 2.45) is 0 Å². The molecular weight excluding hydrogens is 268 g/mol. The van der Waals surface area contributed by atoms with E-state index in [1.54, 1.807) is 18.9 Å². The number of nitrogens with one attached hydrogen (secondary N) is 1. The number of hydrogen-bond acceptors (Lipinski definition) is 4. The minimum Gasteiger partial charge on any atom is -0.383 e. The average molecular weight is 288 g/mol. The quantitative estimate of drug-likeness (QED) is 0.793. The van der Waals surface area contributed by atoms with Crippen LogP contribution >= 0.6 is 11.8 Å². The lowest BCUT2D eigenvalue weighted by atomic mass is 10.1. The number of nitrogens with zero attached hydrogens (tertiary/aromatic N) is 1. The van der Waals surface area contributed by atoms with Crippen LogP contribution in [0.15, 0.2) is 52.5 Å². The van der Waals surface area contributed by atoms with Gasteiger partial charge in [0.05, 0.1) is 6.61 Å². The summed E-state index contributed by atoms with van der Waals surface area (Å²) >= 11 is 1.78. The summed E-state index contributed by atoms with van der Waals surface area (Å²) in [7, 11) is 1.72. The summed E-state index contributed by atoms with van der Waals surface area (Å²) in [6.07, 6.45) is 3.65. The molecule has 3 nitrogen and oxygen atoms in total. The predicted octanol–water partition coefficient (Wildman–Crippen LogP) is 3.28. The molecule has 1 aromatic carbocycles. The highest BCUT2D eigenvalue weighted by atomic mass is 32.2. The van der Waals surface area contributed by atoms with Crippen LogP contribution < -0.4 is 5.32 Å². The maximum Gasteiger partial charge on any atom is 0.0587 e. The molecule has 1 N–H and O–H groups in total. The summed E-state index contributed by atoms with van der Waals surface area (Å²) in [6.45, 7) is 4.58. The van der Waals surface area contributed by atoms with E-state index in [9.17, 15) is 0 Å². The molecule has 0 amide bonds. The summed E-state index contributed by atoms with van der Waals surface area (Å²) in [5, 5.41) is 3.41. The van der Waals surface area contributed by atoms with Gasteiger partial charge in [-0.2, -0.15) is 0 Å². The maximum atomic E-state index is 5.05. The zero-order valence-electron chi connectivity index (χ0n) is 11.9. The molecule has 20 heavy (non-hydrogen) atoms. The maximum absolute atomic E-state index is 5.05. The van der Waals surface area contributed by atoms with Crippen molar-refractivity contribution in [1.82, 2.24) is 10.3 Å². The van der Waals surface area contributed by atoms with Gasteiger partial charge >= 0.3 is 0 Å². The summed E-state index contributed by atoms with van der Waals surface area (Å²) in [4.78, 5) is 6.55. The number of ether oxygens (including phenoxy) is 1. The molecular formula is C16H20N2OS. The highest BCUT2D eigenvalue weighted by Gasteiger charge is 2.05. The van der Waals surface area contributed by atoms with Gasteiger partial charge in [0.15, 0.2) is 0 Å². The Balaban J connectivity index is 2.07. The highest BCUT2D eigenvalue weighted by molar-refractivity contribution is 7.99. The second-order valence-corrected chi connectivity index (χ2v) is 5.68. The lowest BCUT2D eigenvalue weighted by molar-refractivity contribution is 0.199. The normalized spacial score (nSPS) is 10.7. The molecule has 0 saturated heterocycles. The molecule has 106 valence electrons. The first-order valence-corrected chi connectivity index (χ1v) is 7.48. The first-order valence-electron chi connectivity index (χ1n) is 6.66. The van der Waals surface area contributed by atoms with Crippen LogP contribution in [0.1, 0.15) is 11.1 Å². The Morgan fingerprint density at radius 3 is 2.75 bits per heavy atom. The van der Waals surface area contributed by atoms with E-state index in [0.29, 0.717) is 0 Å². The van der Waals surface area contributed by atoms with E-state index in [4.69, 9.17) is 4.74 Å². The van der Waals surface area contributed by atoms with E-state index in [1.807, 2.05) is 24.5 Å². The van der Waals surface area contributed by atoms with Gasteiger partial charge in [-0.25, -0.2) is 0 Å². The molecule has 0 aliphatic carbocycles. The summed E-state index contributed by atoms with van der Waals surface area (Å²) in [6, 6.07) is 10.7. The van der Waals surface area contributed by atoms with Crippen LogP contribution in [0, 0.1) is 6.92 Å². The van der Waals surface area contributed by atoms with Gasteiger partial charge in [0.25, 0.3) is 0 Å². The van der Waals surface area contributed by atoms with Crippen molar-refractivity contribution in [3.8, 4) is 0 Å². The minimum absolute atomic E-state index is 0.735. The zero-order chi connectivity index (χ0) is 14.2. The van der Waals surface area contributed by atoms with Crippen molar-refractivity contribution in [1.29, 1.82) is 0 Å². The van der Waals surface area contributed by atoms with E-state index in [0.717, 1.165) is 19.7 Å². The van der Waals surface area contributed by atoms with Crippen molar-refractivity contribution in [3.05, 3.63) is 53.9 Å². The molecule has 2 rings (SSSR count). The summed E-state index contributed by atoms with van der Waals surface area (Å²) in [5.41, 5.74) is 2.61. The van der Waals surface area contributed by atoms with Crippen molar-refractivity contribution >= 4 is 11.8 Å². The van der Waals surface area contributed by atoms with E-state index in [1.165, 1.54) is 20.9 Å². The van der Waals surface area contributed by atoms with Gasteiger partial charge in [-0.3, -0.25) is 4.98 Å². The van der Waals surface area contributed by atoms with Gasteiger partial charge in [0.1, 0.15) is 0 Å². The van der Waals surface area contributed by atoms with Crippen LogP contribution in [0.2, 0.25) is 0 Å². The highest BCUT2D eigenvalue weighted by Crippen LogP contribution is 2.30. The Morgan fingerprint density at radius 1 is 1.20 bits per heavy atom. The second kappa shape index (κ2) is 8.04. The van der Waals surface area contributed by atoms with Gasteiger partial charge in [0, 0.05) is 42.4 Å². The van der Waals surface area contributed by atoms with E-state index >= 15 is 0 Å². The molecule has 0 aliphatic heterocycles. The van der Waals surface area contributed by atoms with Gasteiger partial charge in [-0.1, -0.05) is 29.5 Å². The van der Waals surface area contributed by atoms with E-state index < -0.39 is 0 Å². The Kier molecular flexibility index (Phi) is 6.05. The summed E-state index contributed by atoms with van der Waals surface area (Å²) < 4.78 is 5.05. The van der Waals surface area contributed by atoms with Crippen molar-refractivity contribution < 1.29 is 4.74 Å². The van der Waals surface area contributed by atoms with E-state index in [-0.39, 0.29) is 0 Å². The van der Waals surface area contributed by atoms with Crippen LogP contribution in [-0.4, -0.2) is 25.2 Å². The van der Waals surface area contributed by atoms with Crippen LogP contribution in [-0.2, 0) is 11.3 Å². The fourth-order valence-electron chi connectivity index (χ4n) is 1.88. The third-order valence-corrected chi connectivity index (χ3v) is 4.02. The molecule has 0 aliphatic rings. The third-order valence-electron chi connectivity index (χ3n) is 2.89. The number of hydrogen-bond donors (Lipinski definition) is 1. The Labute approximate surface area is 124 Å². The SMILES string of the molecule is COCCNCc1cc(C)ccc1Sc1ccncc1. The Morgan fingerprint density at radius 2 is 2.00 bits per heavy atom. The lowest BCUT2D eigenvalue weighted by Crippen LogP contribution is -2.19. The fourth-order valence-corrected chi connectivity index (χ4v) is 2.79. The van der Waals surface area contributed by atoms with Gasteiger partial charge in [0.2, 0.25) is 0 Å². The number of aryl methyl sites for hydroxylation is 1. The first kappa shape index (κ1) is 15.0. The number of benzene rings is 1. The number of methoxy groups -OCH3 is 1. The number of pyridine rings is 1. The van der Waals surface area contributed by atoms with Crippen molar-refractivity contribution in [3.63, 3.8) is 0 Å². The third kappa shape index (κ3) is 4.63. The van der Waals surface area contributed by atoms with Crippen LogP contribution in [0.25, 0.3) is 0 Å². The molecule has 0 fully saturated rings. The lowest BCUT2D eigenvalue weighted by Gasteiger charge is -2.11. The van der Waals surface area contributed by atoms with Crippen LogP contribution in [0.5, 0.6) is 0 Å². The molecule has 1 aromatic heterocycles. The molecule has 0 radical (unpaired) electrons. The van der Waals surface area contributed by atoms with Gasteiger partial charge in [-0.05, 0) is 30.7 Å². The monoisotopic (exact) mass is 288 g/mol. The molecule has 0 bridgehead atoms. The standard InChI is InChI=1S/C16H20N2OS/c1-13-3-4-16(20-15-5-7-17-8-6-15)14(11-13)12-18-9-10-19-2/h3-8,11,18H,9-10,12H2,1-2H3. The van der Waals surface area contributed by atoms with Crippen molar-refractivity contribution in [2.75, 3.05) is 20.3 Å². The average Bonchev–Trinajstić information content (AvgIpc) is 2.47. The first-order chi connectivity index (χ1) is 9.79. The predicted molar refractivity (Wildman–Crippen MR) is 83.1 cm³/mol. The topological polar surface area (TPSA) is 34.1 Å². The molecule has 2 aromatic rings. The van der Waals surface area contributed by atoms with Gasteiger partial charge < -0.3 is 10.1 Å². The molecule has 0 atom stereocenters. The van der Waals surface area contributed by atoms with E-state index in [2.05, 4.69) is 35.4 Å². The molecule has 0 unspecified atom stereocenters. The molecule has 0 spiro atoms. The number of aromatic nitrogens is 1. The van der Waals surface area contributed by atoms with Crippen LogP contribution in [0.3, 0.4) is 0 Å². The van der Waals surface area contributed by atoms with Crippen LogP contribution in [0.4, 0.5) is 0 Å². The molecule has 1 heterocycles. The summed E-state index contributed by atoms with van der Waals surface area (Å²) in [5.74, 6) is 0. The Hall–Kier alpha value is -1.36. The molecule has 4 heteroatoms.